The van der Waals surface area contributed by atoms with Crippen LogP contribution in [0.1, 0.15) is 146 Å². The van der Waals surface area contributed by atoms with E-state index in [0.29, 0.717) is 45.1 Å². The van der Waals surface area contributed by atoms with Gasteiger partial charge in [-0.3, -0.25) is 52.9 Å². The van der Waals surface area contributed by atoms with Crippen LogP contribution in [0, 0.1) is 23.7 Å². The predicted octanol–water partition coefficient (Wildman–Crippen LogP) is -3.31. The second kappa shape index (κ2) is 39.2. The van der Waals surface area contributed by atoms with E-state index in [-0.39, 0.29) is 94.8 Å². The average molecular weight is 1110 g/mol. The zero-order valence-corrected chi connectivity index (χ0v) is 47.7. The van der Waals surface area contributed by atoms with E-state index >= 15 is 0 Å². The molecule has 27 nitrogen and oxygen atoms in total. The molecule has 22 N–H and O–H groups in total. The van der Waals surface area contributed by atoms with Crippen LogP contribution >= 0.6 is 0 Å². The van der Waals surface area contributed by atoms with Crippen LogP contribution in [0.15, 0.2) is 4.99 Å². The van der Waals surface area contributed by atoms with Crippen molar-refractivity contribution in [2.24, 2.45) is 63.1 Å². The number of rotatable bonds is 41. The molecule has 448 valence electrons. The smallest absolute Gasteiger partial charge is 0.245 e. The monoisotopic (exact) mass is 1110 g/mol. The molecule has 0 radical (unpaired) electrons. The minimum absolute atomic E-state index is 0.00209. The molecule has 10 amide bonds. The second-order valence-corrected chi connectivity index (χ2v) is 21.1. The maximum absolute atomic E-state index is 14.4. The number of primary amides is 1. The average Bonchev–Trinajstić information content (AvgIpc) is 3.35. The number of nitrogens with one attached hydrogen (secondary N) is 9. The Morgan fingerprint density at radius 3 is 1.32 bits per heavy atom. The van der Waals surface area contributed by atoms with Gasteiger partial charge in [0.15, 0.2) is 5.96 Å². The summed E-state index contributed by atoms with van der Waals surface area (Å²) in [5.41, 5.74) is 33.5. The van der Waals surface area contributed by atoms with Crippen LogP contribution in [0.3, 0.4) is 0 Å². The highest BCUT2D eigenvalue weighted by Gasteiger charge is 2.37. The molecule has 0 aliphatic heterocycles. The SMILES string of the molecule is CC[C@H](C)[C@H](NC(=O)[C@H](CCCN=C(N)N)NC(=O)[C@H](CCCCN)NC(=O)CCNC(=O)[C@H](CC(C)C)NC(=O)CN)C(=O)N[C@@H](CCCCN)C(=O)N[C@H](C(=O)N[C@@H](CC(C)C)C(=O)N[C@@H](CC(C)C)C(N)=O)[C@@H](C)O. The van der Waals surface area contributed by atoms with E-state index in [9.17, 15) is 53.1 Å². The van der Waals surface area contributed by atoms with E-state index in [1.165, 1.54) is 6.92 Å². The van der Waals surface area contributed by atoms with Gasteiger partial charge in [-0.05, 0) is 114 Å². The number of amides is 10. The van der Waals surface area contributed by atoms with Gasteiger partial charge in [-0.2, -0.15) is 0 Å². The van der Waals surface area contributed by atoms with Crippen molar-refractivity contribution >= 4 is 65.0 Å². The summed E-state index contributed by atoms with van der Waals surface area (Å²) in [5, 5.41) is 34.6. The number of hydrogen-bond donors (Lipinski definition) is 16. The fourth-order valence-corrected chi connectivity index (χ4v) is 8.04. The number of aliphatic imine (C=N–C) groups is 1. The molecule has 0 bridgehead atoms. The Balaban J connectivity index is 6.70. The van der Waals surface area contributed by atoms with Gasteiger partial charge in [0.1, 0.15) is 48.3 Å². The Kier molecular flexibility index (Phi) is 36.1. The molecule has 0 fully saturated rings. The summed E-state index contributed by atoms with van der Waals surface area (Å²) in [4.78, 5) is 139. The Bertz CT molecular complexity index is 1930. The Morgan fingerprint density at radius 1 is 0.462 bits per heavy atom. The third-order valence-corrected chi connectivity index (χ3v) is 12.5. The zero-order chi connectivity index (χ0) is 59.7. The van der Waals surface area contributed by atoms with Crippen molar-refractivity contribution in [3.8, 4) is 0 Å². The van der Waals surface area contributed by atoms with Crippen molar-refractivity contribution < 1.29 is 53.1 Å². The van der Waals surface area contributed by atoms with Gasteiger partial charge >= 0.3 is 0 Å². The minimum atomic E-state index is -1.63. The molecule has 0 unspecified atom stereocenters. The van der Waals surface area contributed by atoms with Gasteiger partial charge in [0.25, 0.3) is 0 Å². The number of carbonyl (C=O) groups is 10. The van der Waals surface area contributed by atoms with E-state index in [1.54, 1.807) is 13.8 Å². The standard InChI is InChI=1S/C51H98N16O11/c1-10-31(8)41(49(77)63-34(17-12-14-21-53)47(75)67-42(32(9)68)50(78)65-38(26-30(6)7)48(76)64-36(43(55)71)24-28(2)3)66-46(74)35(18-15-22-59-51(56)57)62-45(73)33(16-11-13-20-52)60-39(69)19-23-58-44(72)37(25-29(4)5)61-40(70)27-54/h28-38,41-42,68H,10-27,52-54H2,1-9H3,(H2,55,71)(H,58,72)(H,60,69)(H,61,70)(H,62,73)(H,63,77)(H,64,76)(H,65,78)(H,66,74)(H,67,75)(H4,56,57,59)/t31-,32+,33-,34-,35-,36-,37-,38-,41-,42-/m0/s1. The van der Waals surface area contributed by atoms with Crippen LogP contribution in [-0.4, -0.2) is 157 Å². The van der Waals surface area contributed by atoms with E-state index in [0.717, 1.165) is 0 Å². The molecular formula is C51H98N16O11. The molecule has 0 rings (SSSR count). The Morgan fingerprint density at radius 2 is 0.859 bits per heavy atom. The molecule has 0 aliphatic carbocycles. The molecular weight excluding hydrogens is 1010 g/mol. The van der Waals surface area contributed by atoms with E-state index in [1.807, 2.05) is 41.5 Å². The number of nitrogens with two attached hydrogens (primary N) is 6. The van der Waals surface area contributed by atoms with Crippen molar-refractivity contribution in [2.75, 3.05) is 32.7 Å². The summed E-state index contributed by atoms with van der Waals surface area (Å²) < 4.78 is 0. The van der Waals surface area contributed by atoms with Gasteiger partial charge in [0.2, 0.25) is 59.1 Å². The number of aliphatic hydroxyl groups excluding tert-OH is 1. The molecule has 0 heterocycles. The van der Waals surface area contributed by atoms with Gasteiger partial charge in [0.05, 0.1) is 12.6 Å². The zero-order valence-electron chi connectivity index (χ0n) is 47.7. The summed E-state index contributed by atoms with van der Waals surface area (Å²) in [6.45, 7) is 16.0. The molecule has 0 aromatic carbocycles. The van der Waals surface area contributed by atoms with Crippen LogP contribution < -0.4 is 82.3 Å². The predicted molar refractivity (Wildman–Crippen MR) is 297 cm³/mol. The van der Waals surface area contributed by atoms with E-state index in [2.05, 4.69) is 52.8 Å². The summed E-state index contributed by atoms with van der Waals surface area (Å²) in [7, 11) is 0. The lowest BCUT2D eigenvalue weighted by molar-refractivity contribution is -0.137. The summed E-state index contributed by atoms with van der Waals surface area (Å²) in [6.07, 6.45) is 1.29. The van der Waals surface area contributed by atoms with Crippen LogP contribution in [0.2, 0.25) is 0 Å². The second-order valence-electron chi connectivity index (χ2n) is 21.1. The molecule has 0 saturated heterocycles. The number of hydrogen-bond acceptors (Lipinski definition) is 15. The first kappa shape index (κ1) is 71.8. The van der Waals surface area contributed by atoms with Crippen molar-refractivity contribution in [2.45, 2.75) is 200 Å². The van der Waals surface area contributed by atoms with Crippen molar-refractivity contribution in [1.29, 1.82) is 0 Å². The van der Waals surface area contributed by atoms with E-state index < -0.39 is 119 Å². The number of aliphatic hydroxyl groups is 1. The molecule has 27 heteroatoms. The lowest BCUT2D eigenvalue weighted by Crippen LogP contribution is -2.62. The highest BCUT2D eigenvalue weighted by atomic mass is 16.3. The summed E-state index contributed by atoms with van der Waals surface area (Å²) in [5.74, 6) is -8.02. The number of carbonyl (C=O) groups excluding carboxylic acids is 10. The topological polar surface area (TPSA) is 468 Å². The first-order valence-corrected chi connectivity index (χ1v) is 27.4. The van der Waals surface area contributed by atoms with Crippen LogP contribution in [0.25, 0.3) is 0 Å². The molecule has 0 saturated carbocycles. The third-order valence-electron chi connectivity index (χ3n) is 12.5. The van der Waals surface area contributed by atoms with Crippen LogP contribution in [0.4, 0.5) is 0 Å². The van der Waals surface area contributed by atoms with Crippen molar-refractivity contribution in [3.05, 3.63) is 0 Å². The Hall–Kier alpha value is -6.19. The maximum Gasteiger partial charge on any atom is 0.245 e. The van der Waals surface area contributed by atoms with Crippen LogP contribution in [-0.2, 0) is 47.9 Å². The highest BCUT2D eigenvalue weighted by molar-refractivity contribution is 5.98. The maximum atomic E-state index is 14.4. The fraction of sp³-hybridized carbons (Fsp3) is 0.784. The molecule has 0 aromatic rings. The van der Waals surface area contributed by atoms with Gasteiger partial charge in [-0.25, -0.2) is 0 Å². The number of guanidine groups is 1. The van der Waals surface area contributed by atoms with Gasteiger partial charge in [-0.1, -0.05) is 61.8 Å². The lowest BCUT2D eigenvalue weighted by atomic mass is 9.96. The molecule has 10 atom stereocenters. The first-order valence-electron chi connectivity index (χ1n) is 27.4. The van der Waals surface area contributed by atoms with Gasteiger partial charge in [-0.15, -0.1) is 0 Å². The first-order chi connectivity index (χ1) is 36.6. The van der Waals surface area contributed by atoms with Crippen molar-refractivity contribution in [3.63, 3.8) is 0 Å². The van der Waals surface area contributed by atoms with Gasteiger partial charge in [0, 0.05) is 19.5 Å². The normalized spacial score (nSPS) is 15.1. The van der Waals surface area contributed by atoms with E-state index in [4.69, 9.17) is 34.4 Å². The van der Waals surface area contributed by atoms with Crippen LogP contribution in [0.5, 0.6) is 0 Å². The summed E-state index contributed by atoms with van der Waals surface area (Å²) >= 11 is 0. The lowest BCUT2D eigenvalue weighted by Gasteiger charge is -2.30. The molecule has 0 aliphatic rings. The number of nitrogens with zero attached hydrogens (tertiary/aromatic N) is 1. The summed E-state index contributed by atoms with van der Waals surface area (Å²) in [6, 6.07) is -9.82. The largest absolute Gasteiger partial charge is 0.391 e. The van der Waals surface area contributed by atoms with Gasteiger partial charge < -0.3 is 87.4 Å². The highest BCUT2D eigenvalue weighted by Crippen LogP contribution is 2.14. The molecule has 0 aromatic heterocycles. The van der Waals surface area contributed by atoms with Crippen molar-refractivity contribution in [1.82, 2.24) is 47.9 Å². The third kappa shape index (κ3) is 30.1. The molecule has 0 spiro atoms. The quantitative estimate of drug-likeness (QED) is 0.0162. The minimum Gasteiger partial charge on any atom is -0.391 e. The fourth-order valence-electron chi connectivity index (χ4n) is 8.04. The molecule has 78 heavy (non-hydrogen) atoms. The Labute approximate surface area is 460 Å². The number of unbranched alkanes of at least 4 members (excludes halogenated alkanes) is 2.